The average Bonchev–Trinajstić information content (AvgIpc) is 2.81. The van der Waals surface area contributed by atoms with Crippen molar-refractivity contribution in [3.63, 3.8) is 0 Å². The third-order valence-electron chi connectivity index (χ3n) is 2.44. The number of nitrogen functional groups attached to an aromatic ring is 1. The van der Waals surface area contributed by atoms with E-state index in [1.165, 1.54) is 11.3 Å². The summed E-state index contributed by atoms with van der Waals surface area (Å²) < 4.78 is 11.1. The van der Waals surface area contributed by atoms with E-state index < -0.39 is 0 Å². The van der Waals surface area contributed by atoms with E-state index in [0.717, 1.165) is 10.1 Å². The van der Waals surface area contributed by atoms with Gasteiger partial charge in [-0.3, -0.25) is 0 Å². The van der Waals surface area contributed by atoms with Crippen molar-refractivity contribution in [3.8, 4) is 0 Å². The van der Waals surface area contributed by atoms with Crippen LogP contribution < -0.4 is 5.73 Å². The number of hydrogen-bond donors (Lipinski definition) is 2. The number of fused-ring (bicyclic) bond motifs is 1. The van der Waals surface area contributed by atoms with Gasteiger partial charge in [-0.1, -0.05) is 0 Å². The van der Waals surface area contributed by atoms with Crippen molar-refractivity contribution in [1.29, 1.82) is 0 Å². The van der Waals surface area contributed by atoms with Gasteiger partial charge < -0.3 is 20.3 Å². The quantitative estimate of drug-likeness (QED) is 0.478. The van der Waals surface area contributed by atoms with Gasteiger partial charge in [-0.25, -0.2) is 4.79 Å². The zero-order chi connectivity index (χ0) is 13.7. The lowest BCUT2D eigenvalue weighted by molar-refractivity contribution is 0.0262. The van der Waals surface area contributed by atoms with Crippen LogP contribution in [0.2, 0.25) is 0 Å². The van der Waals surface area contributed by atoms with Crippen LogP contribution in [-0.4, -0.2) is 37.5 Å². The van der Waals surface area contributed by atoms with Gasteiger partial charge in [0.05, 0.1) is 19.8 Å². The lowest BCUT2D eigenvalue weighted by Gasteiger charge is -2.03. The maximum absolute atomic E-state index is 11.8. The molecule has 102 valence electrons. The molecule has 0 unspecified atom stereocenters. The van der Waals surface area contributed by atoms with Gasteiger partial charge in [0.25, 0.3) is 0 Å². The van der Waals surface area contributed by atoms with Crippen LogP contribution in [-0.2, 0) is 9.47 Å². The molecule has 1 aromatic carbocycles. The molecule has 6 heteroatoms. The predicted molar refractivity (Wildman–Crippen MR) is 74.4 cm³/mol. The van der Waals surface area contributed by atoms with Crippen LogP contribution in [0.5, 0.6) is 0 Å². The van der Waals surface area contributed by atoms with Crippen molar-refractivity contribution in [3.05, 3.63) is 29.1 Å². The number of ether oxygens (including phenoxy) is 2. The van der Waals surface area contributed by atoms with Crippen molar-refractivity contribution in [2.45, 2.75) is 0 Å². The van der Waals surface area contributed by atoms with E-state index in [1.807, 2.05) is 12.1 Å². The van der Waals surface area contributed by atoms with Gasteiger partial charge in [-0.05, 0) is 29.7 Å². The maximum atomic E-state index is 11.8. The molecule has 3 N–H and O–H groups in total. The van der Waals surface area contributed by atoms with Gasteiger partial charge in [-0.15, -0.1) is 11.3 Å². The maximum Gasteiger partial charge on any atom is 0.348 e. The topological polar surface area (TPSA) is 81.8 Å². The molecule has 0 aliphatic rings. The number of esters is 1. The van der Waals surface area contributed by atoms with Crippen LogP contribution in [0.3, 0.4) is 0 Å². The lowest BCUT2D eigenvalue weighted by atomic mass is 10.2. The first kappa shape index (κ1) is 13.8. The van der Waals surface area contributed by atoms with Crippen LogP contribution in [0.15, 0.2) is 24.3 Å². The Morgan fingerprint density at radius 3 is 2.89 bits per heavy atom. The fraction of sp³-hybridized carbons (Fsp3) is 0.308. The normalized spacial score (nSPS) is 10.8. The highest BCUT2D eigenvalue weighted by Crippen LogP contribution is 2.27. The minimum atomic E-state index is -0.368. The first-order chi connectivity index (χ1) is 9.20. The highest BCUT2D eigenvalue weighted by Gasteiger charge is 2.11. The molecule has 1 heterocycles. The second-order valence-electron chi connectivity index (χ2n) is 3.88. The van der Waals surface area contributed by atoms with E-state index in [2.05, 4.69) is 0 Å². The predicted octanol–water partition coefficient (Wildman–Crippen LogP) is 1.65. The van der Waals surface area contributed by atoms with E-state index in [1.54, 1.807) is 12.1 Å². The first-order valence-corrected chi connectivity index (χ1v) is 6.67. The number of rotatable bonds is 6. The number of nitrogens with two attached hydrogens (primary N) is 1. The number of aliphatic hydroxyl groups is 1. The molecule has 0 fully saturated rings. The summed E-state index contributed by atoms with van der Waals surface area (Å²) in [4.78, 5) is 12.3. The molecule has 0 radical (unpaired) electrons. The summed E-state index contributed by atoms with van der Waals surface area (Å²) in [6, 6.07) is 7.29. The highest BCUT2D eigenvalue weighted by atomic mass is 32.1. The van der Waals surface area contributed by atoms with Gasteiger partial charge in [0, 0.05) is 10.4 Å². The van der Waals surface area contributed by atoms with Crippen LogP contribution in [0, 0.1) is 0 Å². The molecule has 0 saturated heterocycles. The Labute approximate surface area is 114 Å². The Bertz CT molecular complexity index is 567. The number of carbonyl (C=O) groups is 1. The number of benzene rings is 1. The van der Waals surface area contributed by atoms with E-state index in [0.29, 0.717) is 10.6 Å². The Kier molecular flexibility index (Phi) is 4.73. The van der Waals surface area contributed by atoms with Crippen LogP contribution in [0.4, 0.5) is 5.69 Å². The fourth-order valence-corrected chi connectivity index (χ4v) is 2.53. The van der Waals surface area contributed by atoms with Gasteiger partial charge in [-0.2, -0.15) is 0 Å². The fourth-order valence-electron chi connectivity index (χ4n) is 1.59. The van der Waals surface area contributed by atoms with Crippen LogP contribution in [0.25, 0.3) is 10.1 Å². The zero-order valence-corrected chi connectivity index (χ0v) is 11.1. The summed E-state index contributed by atoms with van der Waals surface area (Å²) in [5.41, 5.74) is 6.36. The van der Waals surface area contributed by atoms with E-state index in [9.17, 15) is 4.79 Å². The van der Waals surface area contributed by atoms with E-state index >= 15 is 0 Å². The van der Waals surface area contributed by atoms with Crippen LogP contribution >= 0.6 is 11.3 Å². The molecule has 0 atom stereocenters. The largest absolute Gasteiger partial charge is 0.459 e. The zero-order valence-electron chi connectivity index (χ0n) is 10.3. The lowest BCUT2D eigenvalue weighted by Crippen LogP contribution is -2.11. The summed E-state index contributed by atoms with van der Waals surface area (Å²) in [6.07, 6.45) is 0. The first-order valence-electron chi connectivity index (χ1n) is 5.85. The van der Waals surface area contributed by atoms with Gasteiger partial charge in [0.2, 0.25) is 0 Å². The van der Waals surface area contributed by atoms with Crippen molar-refractivity contribution in [1.82, 2.24) is 0 Å². The molecule has 0 amide bonds. The molecule has 1 aromatic heterocycles. The Balaban J connectivity index is 1.94. The molecule has 0 aliphatic carbocycles. The SMILES string of the molecule is Nc1ccc2sc(C(=O)OCCOCCO)cc2c1. The summed E-state index contributed by atoms with van der Waals surface area (Å²) >= 11 is 1.37. The molecule has 0 saturated carbocycles. The van der Waals surface area contributed by atoms with E-state index in [-0.39, 0.29) is 32.4 Å². The average molecular weight is 281 g/mol. The second-order valence-corrected chi connectivity index (χ2v) is 4.96. The van der Waals surface area contributed by atoms with Gasteiger partial charge >= 0.3 is 5.97 Å². The minimum absolute atomic E-state index is 0.0360. The standard InChI is InChI=1S/C13H15NO4S/c14-10-1-2-11-9(7-10)8-12(19-11)13(16)18-6-5-17-4-3-15/h1-2,7-8,15H,3-6,14H2. The third-order valence-corrected chi connectivity index (χ3v) is 3.53. The Morgan fingerprint density at radius 1 is 1.26 bits per heavy atom. The molecule has 2 aromatic rings. The number of aliphatic hydroxyl groups excluding tert-OH is 1. The smallest absolute Gasteiger partial charge is 0.348 e. The summed E-state index contributed by atoms with van der Waals surface area (Å²) in [5, 5.41) is 9.45. The molecule has 2 rings (SSSR count). The monoisotopic (exact) mass is 281 g/mol. The number of carbonyl (C=O) groups excluding carboxylic acids is 1. The van der Waals surface area contributed by atoms with Crippen LogP contribution in [0.1, 0.15) is 9.67 Å². The summed E-state index contributed by atoms with van der Waals surface area (Å²) in [5.74, 6) is -0.368. The minimum Gasteiger partial charge on any atom is -0.459 e. The Hall–Kier alpha value is -1.63. The Morgan fingerprint density at radius 2 is 2.11 bits per heavy atom. The van der Waals surface area contributed by atoms with Crippen molar-refractivity contribution < 1.29 is 19.4 Å². The number of anilines is 1. The van der Waals surface area contributed by atoms with Gasteiger partial charge in [0.15, 0.2) is 0 Å². The van der Waals surface area contributed by atoms with Crippen molar-refractivity contribution in [2.75, 3.05) is 32.2 Å². The third kappa shape index (κ3) is 3.66. The molecular formula is C13H15NO4S. The van der Waals surface area contributed by atoms with E-state index in [4.69, 9.17) is 20.3 Å². The molecule has 0 spiro atoms. The molecule has 0 aliphatic heterocycles. The molecule has 19 heavy (non-hydrogen) atoms. The number of hydrogen-bond acceptors (Lipinski definition) is 6. The molecule has 0 bridgehead atoms. The van der Waals surface area contributed by atoms with Crippen molar-refractivity contribution >= 4 is 33.1 Å². The molecular weight excluding hydrogens is 266 g/mol. The summed E-state index contributed by atoms with van der Waals surface area (Å²) in [7, 11) is 0. The highest BCUT2D eigenvalue weighted by molar-refractivity contribution is 7.20. The van der Waals surface area contributed by atoms with Gasteiger partial charge in [0.1, 0.15) is 11.5 Å². The molecule has 5 nitrogen and oxygen atoms in total. The second kappa shape index (κ2) is 6.51. The van der Waals surface area contributed by atoms with Crippen molar-refractivity contribution in [2.24, 2.45) is 0 Å². The summed E-state index contributed by atoms with van der Waals surface area (Å²) in [6.45, 7) is 0.671. The number of thiophene rings is 1.